The van der Waals surface area contributed by atoms with Gasteiger partial charge in [0.15, 0.2) is 0 Å². The van der Waals surface area contributed by atoms with Gasteiger partial charge in [-0.25, -0.2) is 0 Å². The Balaban J connectivity index is 2.22. The maximum Gasteiger partial charge on any atom is 0.230 e. The highest BCUT2D eigenvalue weighted by Gasteiger charge is 2.19. The molecule has 0 aliphatic rings. The van der Waals surface area contributed by atoms with Gasteiger partial charge in [0.2, 0.25) is 5.88 Å². The van der Waals surface area contributed by atoms with Gasteiger partial charge >= 0.3 is 0 Å². The first kappa shape index (κ1) is 13.9. The quantitative estimate of drug-likeness (QED) is 0.715. The largest absolute Gasteiger partial charge is 0.367 e. The van der Waals surface area contributed by atoms with E-state index >= 15 is 0 Å². The second-order valence-corrected chi connectivity index (χ2v) is 5.90. The van der Waals surface area contributed by atoms with Gasteiger partial charge in [0.1, 0.15) is 5.69 Å². The number of anilines is 1. The molecule has 4 heteroatoms. The van der Waals surface area contributed by atoms with Gasteiger partial charge in [0, 0.05) is 15.6 Å². The van der Waals surface area contributed by atoms with Gasteiger partial charge in [-0.2, -0.15) is 0 Å². The summed E-state index contributed by atoms with van der Waals surface area (Å²) >= 11 is 3.56. The van der Waals surface area contributed by atoms with Gasteiger partial charge in [-0.3, -0.25) is 0 Å². The van der Waals surface area contributed by atoms with Crippen molar-refractivity contribution in [2.75, 3.05) is 5.73 Å². The Bertz CT molecular complexity index is 808. The molecule has 1 aromatic heterocycles. The summed E-state index contributed by atoms with van der Waals surface area (Å²) in [4.78, 5) is 0. The molecule has 3 aromatic rings. The number of benzene rings is 2. The first-order chi connectivity index (χ1) is 10.1. The van der Waals surface area contributed by atoms with E-state index in [1.807, 2.05) is 30.3 Å². The third-order valence-corrected chi connectivity index (χ3v) is 4.33. The number of nitrogens with two attached hydrogens (primary N) is 1. The van der Waals surface area contributed by atoms with Crippen LogP contribution in [0.3, 0.4) is 0 Å². The van der Waals surface area contributed by atoms with E-state index in [0.717, 1.165) is 26.9 Å². The lowest BCUT2D eigenvalue weighted by molar-refractivity contribution is 0.439. The van der Waals surface area contributed by atoms with Crippen LogP contribution in [-0.2, 0) is 0 Å². The van der Waals surface area contributed by atoms with Crippen molar-refractivity contribution in [3.63, 3.8) is 0 Å². The van der Waals surface area contributed by atoms with E-state index in [9.17, 15) is 0 Å². The maximum absolute atomic E-state index is 6.00. The van der Waals surface area contributed by atoms with Crippen LogP contribution in [0.1, 0.15) is 11.1 Å². The lowest BCUT2D eigenvalue weighted by Gasteiger charge is -2.07. The SMILES string of the molecule is Cc1ccc(-c2noc(N)c2-c2ccccc2Br)cc1C. The Labute approximate surface area is 131 Å². The Morgan fingerprint density at radius 1 is 1.05 bits per heavy atom. The fraction of sp³-hybridized carbons (Fsp3) is 0.118. The van der Waals surface area contributed by atoms with Crippen molar-refractivity contribution in [1.29, 1.82) is 0 Å². The molecule has 0 aliphatic carbocycles. The van der Waals surface area contributed by atoms with Gasteiger partial charge in [0.05, 0.1) is 5.56 Å². The number of hydrogen-bond acceptors (Lipinski definition) is 3. The van der Waals surface area contributed by atoms with Crippen LogP contribution in [0.25, 0.3) is 22.4 Å². The van der Waals surface area contributed by atoms with E-state index in [1.165, 1.54) is 11.1 Å². The molecule has 2 N–H and O–H groups in total. The highest BCUT2D eigenvalue weighted by molar-refractivity contribution is 9.10. The zero-order chi connectivity index (χ0) is 15.0. The lowest BCUT2D eigenvalue weighted by atomic mass is 9.98. The fourth-order valence-electron chi connectivity index (χ4n) is 2.31. The van der Waals surface area contributed by atoms with Crippen molar-refractivity contribution in [2.24, 2.45) is 0 Å². The fourth-order valence-corrected chi connectivity index (χ4v) is 2.80. The van der Waals surface area contributed by atoms with Crippen LogP contribution in [0, 0.1) is 13.8 Å². The number of rotatable bonds is 2. The zero-order valence-electron chi connectivity index (χ0n) is 11.9. The molecule has 3 rings (SSSR count). The van der Waals surface area contributed by atoms with E-state index in [2.05, 4.69) is 47.1 Å². The van der Waals surface area contributed by atoms with E-state index < -0.39 is 0 Å². The molecule has 21 heavy (non-hydrogen) atoms. The Morgan fingerprint density at radius 3 is 2.52 bits per heavy atom. The summed E-state index contributed by atoms with van der Waals surface area (Å²) in [6, 6.07) is 14.1. The van der Waals surface area contributed by atoms with E-state index in [4.69, 9.17) is 10.3 Å². The van der Waals surface area contributed by atoms with Crippen LogP contribution in [0.2, 0.25) is 0 Å². The van der Waals surface area contributed by atoms with Crippen molar-refractivity contribution < 1.29 is 4.52 Å². The predicted molar refractivity (Wildman–Crippen MR) is 89.0 cm³/mol. The number of aromatic nitrogens is 1. The molecule has 0 saturated heterocycles. The number of aryl methyl sites for hydroxylation is 2. The minimum absolute atomic E-state index is 0.329. The predicted octanol–water partition coefficient (Wildman–Crippen LogP) is 4.97. The Kier molecular flexibility index (Phi) is 3.55. The van der Waals surface area contributed by atoms with E-state index in [0.29, 0.717) is 5.88 Å². The highest BCUT2D eigenvalue weighted by atomic mass is 79.9. The highest BCUT2D eigenvalue weighted by Crippen LogP contribution is 2.39. The summed E-state index contributed by atoms with van der Waals surface area (Å²) < 4.78 is 6.20. The summed E-state index contributed by atoms with van der Waals surface area (Å²) in [6.45, 7) is 4.17. The molecule has 0 radical (unpaired) electrons. The summed E-state index contributed by atoms with van der Waals surface area (Å²) in [5, 5.41) is 4.15. The summed E-state index contributed by atoms with van der Waals surface area (Å²) in [5.74, 6) is 0.329. The Morgan fingerprint density at radius 2 is 1.81 bits per heavy atom. The summed E-state index contributed by atoms with van der Waals surface area (Å²) in [7, 11) is 0. The number of nitrogen functional groups attached to an aromatic ring is 1. The summed E-state index contributed by atoms with van der Waals surface area (Å²) in [6.07, 6.45) is 0. The molecule has 0 atom stereocenters. The summed E-state index contributed by atoms with van der Waals surface area (Å²) in [5.41, 5.74) is 12.0. The second kappa shape index (κ2) is 5.37. The topological polar surface area (TPSA) is 52.0 Å². The van der Waals surface area contributed by atoms with Crippen LogP contribution in [0.4, 0.5) is 5.88 Å². The number of halogens is 1. The van der Waals surface area contributed by atoms with Crippen molar-refractivity contribution in [2.45, 2.75) is 13.8 Å². The van der Waals surface area contributed by atoms with Crippen molar-refractivity contribution >= 4 is 21.8 Å². The van der Waals surface area contributed by atoms with E-state index in [-0.39, 0.29) is 0 Å². The van der Waals surface area contributed by atoms with Crippen LogP contribution < -0.4 is 5.73 Å². The van der Waals surface area contributed by atoms with Crippen LogP contribution in [0.5, 0.6) is 0 Å². The van der Waals surface area contributed by atoms with Crippen LogP contribution in [-0.4, -0.2) is 5.16 Å². The molecule has 0 spiro atoms. The Hall–Kier alpha value is -2.07. The first-order valence-electron chi connectivity index (χ1n) is 6.65. The second-order valence-electron chi connectivity index (χ2n) is 5.05. The van der Waals surface area contributed by atoms with E-state index in [1.54, 1.807) is 0 Å². The average molecular weight is 343 g/mol. The monoisotopic (exact) mass is 342 g/mol. The molecule has 0 aliphatic heterocycles. The normalized spacial score (nSPS) is 10.8. The van der Waals surface area contributed by atoms with Crippen molar-refractivity contribution in [1.82, 2.24) is 5.16 Å². The van der Waals surface area contributed by atoms with Crippen LogP contribution in [0.15, 0.2) is 51.5 Å². The lowest BCUT2D eigenvalue weighted by Crippen LogP contribution is -1.90. The molecule has 106 valence electrons. The third-order valence-electron chi connectivity index (χ3n) is 3.64. The molecule has 0 amide bonds. The molecular formula is C17H15BrN2O. The van der Waals surface area contributed by atoms with Crippen molar-refractivity contribution in [3.05, 3.63) is 58.1 Å². The third kappa shape index (κ3) is 2.47. The molecule has 0 unspecified atom stereocenters. The molecule has 0 fully saturated rings. The van der Waals surface area contributed by atoms with Gasteiger partial charge in [-0.1, -0.05) is 51.4 Å². The average Bonchev–Trinajstić information content (AvgIpc) is 2.84. The molecular weight excluding hydrogens is 328 g/mol. The van der Waals surface area contributed by atoms with Gasteiger partial charge in [-0.15, -0.1) is 0 Å². The minimum Gasteiger partial charge on any atom is -0.367 e. The number of hydrogen-bond donors (Lipinski definition) is 1. The van der Waals surface area contributed by atoms with Gasteiger partial charge < -0.3 is 10.3 Å². The molecule has 2 aromatic carbocycles. The molecule has 0 bridgehead atoms. The maximum atomic E-state index is 6.00. The van der Waals surface area contributed by atoms with Gasteiger partial charge in [-0.05, 0) is 37.1 Å². The zero-order valence-corrected chi connectivity index (χ0v) is 13.4. The smallest absolute Gasteiger partial charge is 0.230 e. The van der Waals surface area contributed by atoms with Crippen molar-refractivity contribution in [3.8, 4) is 22.4 Å². The molecule has 0 saturated carbocycles. The first-order valence-corrected chi connectivity index (χ1v) is 7.45. The van der Waals surface area contributed by atoms with Crippen LogP contribution >= 0.6 is 15.9 Å². The molecule has 1 heterocycles. The molecule has 3 nitrogen and oxygen atoms in total. The standard InChI is InChI=1S/C17H15BrN2O/c1-10-7-8-12(9-11(10)2)16-15(17(19)21-20-16)13-5-3-4-6-14(13)18/h3-9H,19H2,1-2H3. The number of nitrogens with zero attached hydrogens (tertiary/aromatic N) is 1. The van der Waals surface area contributed by atoms with Gasteiger partial charge in [0.25, 0.3) is 0 Å². The minimum atomic E-state index is 0.329.